The normalized spacial score (nSPS) is 32.3. The number of nitrogens with one attached hydrogen (secondary N) is 2. The Hall–Kier alpha value is -2.31. The summed E-state index contributed by atoms with van der Waals surface area (Å²) in [7, 11) is 0. The van der Waals surface area contributed by atoms with Gasteiger partial charge in [-0.1, -0.05) is 0 Å². The lowest BCUT2D eigenvalue weighted by Gasteiger charge is -2.56. The van der Waals surface area contributed by atoms with Gasteiger partial charge < -0.3 is 5.11 Å². The van der Waals surface area contributed by atoms with Gasteiger partial charge in [0.1, 0.15) is 0 Å². The van der Waals surface area contributed by atoms with Crippen molar-refractivity contribution in [2.24, 2.45) is 23.2 Å². The van der Waals surface area contributed by atoms with Crippen LogP contribution in [0, 0.1) is 30.1 Å². The third kappa shape index (κ3) is 2.29. The number of aromatic nitrogens is 4. The van der Waals surface area contributed by atoms with Crippen LogP contribution in [0.25, 0.3) is 11.3 Å². The third-order valence-corrected chi connectivity index (χ3v) is 7.01. The summed E-state index contributed by atoms with van der Waals surface area (Å²) in [5, 5.41) is 19.0. The minimum atomic E-state index is -1.23. The highest BCUT2D eigenvalue weighted by Crippen LogP contribution is 2.60. The molecular formula is C19H24N4O3. The van der Waals surface area contributed by atoms with E-state index < -0.39 is 11.5 Å². The lowest BCUT2D eigenvalue weighted by atomic mass is 9.49. The van der Waals surface area contributed by atoms with Crippen LogP contribution in [-0.2, 0) is 6.54 Å². The molecule has 7 heteroatoms. The van der Waals surface area contributed by atoms with E-state index in [4.69, 9.17) is 0 Å². The lowest BCUT2D eigenvalue weighted by molar-refractivity contribution is -0.0638. The third-order valence-electron chi connectivity index (χ3n) is 7.01. The molecule has 0 atom stereocenters. The second-order valence-electron chi connectivity index (χ2n) is 8.85. The fourth-order valence-electron chi connectivity index (χ4n) is 6.42. The number of hydrogen-bond acceptors (Lipinski definition) is 3. The van der Waals surface area contributed by atoms with Gasteiger partial charge in [-0.3, -0.25) is 19.7 Å². The predicted octanol–water partition coefficient (Wildman–Crippen LogP) is 2.79. The Morgan fingerprint density at radius 1 is 1.23 bits per heavy atom. The molecular weight excluding hydrogens is 332 g/mol. The molecule has 4 aliphatic carbocycles. The van der Waals surface area contributed by atoms with Gasteiger partial charge in [0.15, 0.2) is 5.56 Å². The smallest absolute Gasteiger partial charge is 0.343 e. The minimum Gasteiger partial charge on any atom is -0.477 e. The van der Waals surface area contributed by atoms with Crippen LogP contribution >= 0.6 is 0 Å². The first kappa shape index (κ1) is 15.9. The van der Waals surface area contributed by atoms with Crippen molar-refractivity contribution in [2.45, 2.75) is 52.0 Å². The Bertz CT molecular complexity index is 900. The fourth-order valence-corrected chi connectivity index (χ4v) is 6.42. The number of hydrogen-bond donors (Lipinski definition) is 3. The van der Waals surface area contributed by atoms with Gasteiger partial charge in [-0.2, -0.15) is 5.10 Å². The standard InChI is InChI=1S/C19H24N4O3/c1-10-14(16-15(18(25)26)17(24)22-21-16)8-20-23(10)9-19-5-11-2-12(6-19)4-13(3-11)7-19/h8,11-13H,2-7,9H2,1H3,(H,25,26)(H2,21,22,24). The summed E-state index contributed by atoms with van der Waals surface area (Å²) >= 11 is 0. The van der Waals surface area contributed by atoms with Gasteiger partial charge in [-0.25, -0.2) is 4.79 Å². The quantitative estimate of drug-likeness (QED) is 0.783. The zero-order valence-electron chi connectivity index (χ0n) is 14.9. The number of H-pyrrole nitrogens is 2. The second-order valence-corrected chi connectivity index (χ2v) is 8.85. The van der Waals surface area contributed by atoms with E-state index in [0.717, 1.165) is 30.0 Å². The van der Waals surface area contributed by atoms with E-state index in [-0.39, 0.29) is 5.56 Å². The van der Waals surface area contributed by atoms with Crippen LogP contribution in [-0.4, -0.2) is 31.1 Å². The number of carbonyl (C=O) groups is 1. The number of carboxylic acid groups (broad SMARTS) is 1. The predicted molar refractivity (Wildman–Crippen MR) is 94.9 cm³/mol. The van der Waals surface area contributed by atoms with E-state index in [1.807, 2.05) is 11.6 Å². The number of rotatable bonds is 4. The Morgan fingerprint density at radius 2 is 1.85 bits per heavy atom. The molecule has 0 saturated heterocycles. The van der Waals surface area contributed by atoms with Gasteiger partial charge in [0.2, 0.25) is 0 Å². The zero-order valence-corrected chi connectivity index (χ0v) is 14.9. The van der Waals surface area contributed by atoms with Crippen molar-refractivity contribution in [3.8, 4) is 11.3 Å². The Kier molecular flexibility index (Phi) is 3.27. The van der Waals surface area contributed by atoms with Crippen molar-refractivity contribution >= 4 is 5.97 Å². The van der Waals surface area contributed by atoms with E-state index in [2.05, 4.69) is 15.3 Å². The average Bonchev–Trinajstić information content (AvgIpc) is 3.09. The van der Waals surface area contributed by atoms with Crippen LogP contribution in [0.2, 0.25) is 0 Å². The van der Waals surface area contributed by atoms with Crippen molar-refractivity contribution in [2.75, 3.05) is 0 Å². The lowest BCUT2D eigenvalue weighted by Crippen LogP contribution is -2.48. The SMILES string of the molecule is Cc1c(-c2[nH][nH]c(=O)c2C(=O)O)cnn1CC12CC3CC(CC(C3)C1)C2. The summed E-state index contributed by atoms with van der Waals surface area (Å²) in [4.78, 5) is 23.2. The zero-order chi connectivity index (χ0) is 18.1. The maximum absolute atomic E-state index is 11.8. The molecule has 4 fully saturated rings. The van der Waals surface area contributed by atoms with E-state index in [9.17, 15) is 14.7 Å². The van der Waals surface area contributed by atoms with Crippen LogP contribution in [0.4, 0.5) is 0 Å². The highest BCUT2D eigenvalue weighted by molar-refractivity contribution is 5.94. The van der Waals surface area contributed by atoms with Crippen LogP contribution in [0.3, 0.4) is 0 Å². The summed E-state index contributed by atoms with van der Waals surface area (Å²) in [5.74, 6) is 1.43. The maximum Gasteiger partial charge on any atom is 0.343 e. The Balaban J connectivity index is 1.48. The molecule has 2 aromatic heterocycles. The first-order valence-electron chi connectivity index (χ1n) is 9.51. The van der Waals surface area contributed by atoms with Crippen molar-refractivity contribution in [1.82, 2.24) is 20.0 Å². The molecule has 6 rings (SSSR count). The molecule has 2 heterocycles. The molecule has 0 radical (unpaired) electrons. The summed E-state index contributed by atoms with van der Waals surface area (Å²) < 4.78 is 2.03. The van der Waals surface area contributed by atoms with Gasteiger partial charge in [0.25, 0.3) is 5.56 Å². The summed E-state index contributed by atoms with van der Waals surface area (Å²) in [6.07, 6.45) is 9.82. The molecule has 0 spiro atoms. The molecule has 4 aliphatic rings. The van der Waals surface area contributed by atoms with E-state index in [1.54, 1.807) is 6.20 Å². The molecule has 0 aliphatic heterocycles. The second kappa shape index (κ2) is 5.34. The van der Waals surface area contributed by atoms with E-state index >= 15 is 0 Å². The monoisotopic (exact) mass is 356 g/mol. The molecule has 7 nitrogen and oxygen atoms in total. The molecule has 0 amide bonds. The topological polar surface area (TPSA) is 104 Å². The minimum absolute atomic E-state index is 0.248. The summed E-state index contributed by atoms with van der Waals surface area (Å²) in [5.41, 5.74) is 1.41. The van der Waals surface area contributed by atoms with Crippen molar-refractivity contribution in [3.63, 3.8) is 0 Å². The average molecular weight is 356 g/mol. The molecule has 4 bridgehead atoms. The molecule has 4 saturated carbocycles. The molecule has 0 unspecified atom stereocenters. The van der Waals surface area contributed by atoms with E-state index in [1.165, 1.54) is 38.5 Å². The Morgan fingerprint density at radius 3 is 2.42 bits per heavy atom. The van der Waals surface area contributed by atoms with Gasteiger partial charge in [-0.05, 0) is 68.6 Å². The summed E-state index contributed by atoms with van der Waals surface area (Å²) in [6.45, 7) is 2.86. The van der Waals surface area contributed by atoms with Gasteiger partial charge in [0, 0.05) is 17.8 Å². The number of nitrogens with zero attached hydrogens (tertiary/aromatic N) is 2. The Labute approximate surface area is 150 Å². The number of aromatic amines is 2. The van der Waals surface area contributed by atoms with Crippen molar-refractivity contribution in [1.29, 1.82) is 0 Å². The van der Waals surface area contributed by atoms with Crippen molar-refractivity contribution in [3.05, 3.63) is 27.8 Å². The van der Waals surface area contributed by atoms with Gasteiger partial charge >= 0.3 is 5.97 Å². The largest absolute Gasteiger partial charge is 0.477 e. The highest BCUT2D eigenvalue weighted by Gasteiger charge is 2.51. The summed E-state index contributed by atoms with van der Waals surface area (Å²) in [6, 6.07) is 0. The van der Waals surface area contributed by atoms with Crippen molar-refractivity contribution < 1.29 is 9.90 Å². The van der Waals surface area contributed by atoms with Crippen LogP contribution in [0.1, 0.15) is 54.6 Å². The first-order chi connectivity index (χ1) is 12.4. The van der Waals surface area contributed by atoms with Crippen LogP contribution in [0.5, 0.6) is 0 Å². The fraction of sp³-hybridized carbons (Fsp3) is 0.632. The van der Waals surface area contributed by atoms with Crippen LogP contribution in [0.15, 0.2) is 11.0 Å². The molecule has 3 N–H and O–H groups in total. The molecule has 0 aromatic carbocycles. The molecule has 26 heavy (non-hydrogen) atoms. The van der Waals surface area contributed by atoms with E-state index in [0.29, 0.717) is 16.7 Å². The van der Waals surface area contributed by atoms with Gasteiger partial charge in [0.05, 0.1) is 11.9 Å². The number of carboxylic acids is 1. The highest BCUT2D eigenvalue weighted by atomic mass is 16.4. The molecule has 2 aromatic rings. The first-order valence-corrected chi connectivity index (χ1v) is 9.51. The maximum atomic E-state index is 11.8. The number of aromatic carboxylic acids is 1. The van der Waals surface area contributed by atoms with Crippen LogP contribution < -0.4 is 5.56 Å². The van der Waals surface area contributed by atoms with Gasteiger partial charge in [-0.15, -0.1) is 0 Å². The molecule has 138 valence electrons.